The number of unbranched alkanes of at least 4 members (excludes halogenated alkanes) is 1. The summed E-state index contributed by atoms with van der Waals surface area (Å²) in [6.45, 7) is 2.25. The summed E-state index contributed by atoms with van der Waals surface area (Å²) < 4.78 is 29.1. The van der Waals surface area contributed by atoms with Gasteiger partial charge in [0.2, 0.25) is 0 Å². The highest BCUT2D eigenvalue weighted by molar-refractivity contribution is 7.74. The van der Waals surface area contributed by atoms with E-state index in [0.717, 1.165) is 0 Å². The Hall–Kier alpha value is -0.300. The quantitative estimate of drug-likeness (QED) is 0.324. The molecule has 0 rings (SSSR count). The van der Waals surface area contributed by atoms with Gasteiger partial charge in [0.15, 0.2) is 0 Å². The predicted octanol–water partition coefficient (Wildman–Crippen LogP) is 0.181. The Balaban J connectivity index is 3.08. The standard InChI is InChI=1S/C7H14O5S/c1-7(6-8)11-4-2-3-5-12-13(9)10/h6-7H,2-5H2,1H3,(H,9,10)/p-1. The SMILES string of the molecule is CC(C=O)OCCCCOS(=O)[O-]. The summed E-state index contributed by atoms with van der Waals surface area (Å²) in [5.74, 6) is 0. The van der Waals surface area contributed by atoms with Gasteiger partial charge in [0.25, 0.3) is 0 Å². The molecule has 6 heteroatoms. The molecule has 0 N–H and O–H groups in total. The van der Waals surface area contributed by atoms with Crippen molar-refractivity contribution >= 4 is 17.6 Å². The van der Waals surface area contributed by atoms with Gasteiger partial charge in [0.1, 0.15) is 12.4 Å². The van der Waals surface area contributed by atoms with Crippen molar-refractivity contribution in [3.8, 4) is 0 Å². The molecule has 0 aromatic rings. The van der Waals surface area contributed by atoms with Crippen molar-refractivity contribution in [2.24, 2.45) is 0 Å². The summed E-state index contributed by atoms with van der Waals surface area (Å²) in [5.41, 5.74) is 0. The maximum Gasteiger partial charge on any atom is 0.148 e. The van der Waals surface area contributed by atoms with Gasteiger partial charge in [-0.2, -0.15) is 0 Å². The van der Waals surface area contributed by atoms with E-state index in [9.17, 15) is 13.6 Å². The lowest BCUT2D eigenvalue weighted by Gasteiger charge is -2.07. The molecule has 78 valence electrons. The fourth-order valence-corrected chi connectivity index (χ4v) is 0.894. The molecule has 0 aromatic carbocycles. The maximum absolute atomic E-state index is 10.1. The van der Waals surface area contributed by atoms with Crippen molar-refractivity contribution in [2.75, 3.05) is 13.2 Å². The summed E-state index contributed by atoms with van der Waals surface area (Å²) in [7, 11) is 0. The van der Waals surface area contributed by atoms with Crippen LogP contribution in [0.5, 0.6) is 0 Å². The van der Waals surface area contributed by atoms with Crippen molar-refractivity contribution in [3.05, 3.63) is 0 Å². The minimum absolute atomic E-state index is 0.162. The van der Waals surface area contributed by atoms with Crippen LogP contribution in [0.3, 0.4) is 0 Å². The first kappa shape index (κ1) is 12.7. The molecule has 5 nitrogen and oxygen atoms in total. The van der Waals surface area contributed by atoms with Gasteiger partial charge in [-0.1, -0.05) is 0 Å². The average Bonchev–Trinajstić information content (AvgIpc) is 2.10. The number of carbonyl (C=O) groups excluding carboxylic acids is 1. The number of ether oxygens (including phenoxy) is 1. The van der Waals surface area contributed by atoms with Gasteiger partial charge < -0.3 is 18.3 Å². The van der Waals surface area contributed by atoms with Crippen molar-refractivity contribution in [1.29, 1.82) is 0 Å². The van der Waals surface area contributed by atoms with Crippen LogP contribution in [-0.4, -0.2) is 34.4 Å². The number of aldehydes is 1. The first-order valence-corrected chi connectivity index (χ1v) is 4.96. The topological polar surface area (TPSA) is 75.7 Å². The Kier molecular flexibility index (Phi) is 8.11. The number of hydrogen-bond donors (Lipinski definition) is 0. The van der Waals surface area contributed by atoms with E-state index in [2.05, 4.69) is 4.18 Å². The summed E-state index contributed by atoms with van der Waals surface area (Å²) in [5, 5.41) is 0. The first-order valence-electron chi connectivity index (χ1n) is 3.96. The van der Waals surface area contributed by atoms with Gasteiger partial charge in [-0.15, -0.1) is 0 Å². The van der Waals surface area contributed by atoms with Gasteiger partial charge in [0.05, 0.1) is 18.0 Å². The van der Waals surface area contributed by atoms with Crippen LogP contribution in [0.4, 0.5) is 0 Å². The molecule has 2 unspecified atom stereocenters. The highest BCUT2D eigenvalue weighted by atomic mass is 32.2. The lowest BCUT2D eigenvalue weighted by Crippen LogP contribution is -2.10. The third-order valence-corrected chi connectivity index (χ3v) is 1.65. The zero-order valence-electron chi connectivity index (χ0n) is 7.43. The molecule has 0 radical (unpaired) electrons. The lowest BCUT2D eigenvalue weighted by atomic mass is 10.3. The molecular formula is C7H13O5S-. The van der Waals surface area contributed by atoms with Crippen LogP contribution in [0.25, 0.3) is 0 Å². The van der Waals surface area contributed by atoms with E-state index in [1.807, 2.05) is 0 Å². The fourth-order valence-electron chi connectivity index (χ4n) is 0.640. The number of hydrogen-bond acceptors (Lipinski definition) is 5. The zero-order chi connectivity index (χ0) is 10.1. The van der Waals surface area contributed by atoms with Crippen molar-refractivity contribution in [2.45, 2.75) is 25.9 Å². The third-order valence-electron chi connectivity index (χ3n) is 1.29. The van der Waals surface area contributed by atoms with E-state index >= 15 is 0 Å². The molecule has 0 aliphatic carbocycles. The van der Waals surface area contributed by atoms with E-state index in [4.69, 9.17) is 4.74 Å². The lowest BCUT2D eigenvalue weighted by molar-refractivity contribution is -0.117. The van der Waals surface area contributed by atoms with Crippen LogP contribution in [0.15, 0.2) is 0 Å². The molecule has 0 bridgehead atoms. The molecule has 0 saturated heterocycles. The van der Waals surface area contributed by atoms with Crippen molar-refractivity contribution in [1.82, 2.24) is 0 Å². The first-order chi connectivity index (χ1) is 6.16. The minimum atomic E-state index is -2.43. The number of carbonyl (C=O) groups is 1. The van der Waals surface area contributed by atoms with Crippen LogP contribution in [0.2, 0.25) is 0 Å². The Bertz CT molecular complexity index is 161. The van der Waals surface area contributed by atoms with Gasteiger partial charge in [-0.25, -0.2) is 4.21 Å². The molecular weight excluding hydrogens is 196 g/mol. The molecule has 0 saturated carbocycles. The van der Waals surface area contributed by atoms with Crippen molar-refractivity contribution < 1.29 is 22.5 Å². The second kappa shape index (κ2) is 8.31. The molecule has 2 atom stereocenters. The summed E-state index contributed by atoms with van der Waals surface area (Å²) in [6.07, 6.45) is 1.59. The largest absolute Gasteiger partial charge is 0.750 e. The van der Waals surface area contributed by atoms with Crippen LogP contribution in [0, 0.1) is 0 Å². The fraction of sp³-hybridized carbons (Fsp3) is 0.857. The average molecular weight is 209 g/mol. The second-order valence-electron chi connectivity index (χ2n) is 2.45. The Labute approximate surface area is 79.9 Å². The highest BCUT2D eigenvalue weighted by Crippen LogP contribution is 1.94. The molecule has 0 aliphatic rings. The van der Waals surface area contributed by atoms with Crippen LogP contribution in [-0.2, 0) is 25.1 Å². The molecule has 0 aliphatic heterocycles. The molecule has 13 heavy (non-hydrogen) atoms. The molecule has 0 spiro atoms. The molecule has 0 heterocycles. The summed E-state index contributed by atoms with van der Waals surface area (Å²) in [4.78, 5) is 10.1. The predicted molar refractivity (Wildman–Crippen MR) is 45.6 cm³/mol. The Morgan fingerprint density at radius 2 is 2.08 bits per heavy atom. The van der Waals surface area contributed by atoms with Crippen LogP contribution >= 0.6 is 0 Å². The van der Waals surface area contributed by atoms with Crippen LogP contribution < -0.4 is 0 Å². The van der Waals surface area contributed by atoms with Crippen LogP contribution in [0.1, 0.15) is 19.8 Å². The third kappa shape index (κ3) is 9.62. The van der Waals surface area contributed by atoms with E-state index in [1.54, 1.807) is 6.92 Å². The number of rotatable bonds is 8. The Morgan fingerprint density at radius 1 is 1.46 bits per heavy atom. The van der Waals surface area contributed by atoms with E-state index in [0.29, 0.717) is 25.7 Å². The smallest absolute Gasteiger partial charge is 0.148 e. The Morgan fingerprint density at radius 3 is 2.62 bits per heavy atom. The second-order valence-corrected chi connectivity index (χ2v) is 3.09. The van der Waals surface area contributed by atoms with E-state index in [-0.39, 0.29) is 6.61 Å². The maximum atomic E-state index is 10.1. The molecule has 0 aromatic heterocycles. The zero-order valence-corrected chi connectivity index (χ0v) is 8.25. The minimum Gasteiger partial charge on any atom is -0.750 e. The summed E-state index contributed by atoms with van der Waals surface area (Å²) in [6, 6.07) is 0. The van der Waals surface area contributed by atoms with Crippen molar-refractivity contribution in [3.63, 3.8) is 0 Å². The monoisotopic (exact) mass is 209 g/mol. The molecule has 0 amide bonds. The molecule has 0 fully saturated rings. The normalized spacial score (nSPS) is 15.2. The summed E-state index contributed by atoms with van der Waals surface area (Å²) >= 11 is -2.43. The highest BCUT2D eigenvalue weighted by Gasteiger charge is 1.97. The van der Waals surface area contributed by atoms with Gasteiger partial charge in [-0.05, 0) is 19.8 Å². The van der Waals surface area contributed by atoms with Gasteiger partial charge in [0, 0.05) is 6.61 Å². The van der Waals surface area contributed by atoms with Gasteiger partial charge >= 0.3 is 0 Å². The van der Waals surface area contributed by atoms with E-state index < -0.39 is 17.5 Å². The van der Waals surface area contributed by atoms with E-state index in [1.165, 1.54) is 0 Å². The van der Waals surface area contributed by atoms with Gasteiger partial charge in [-0.3, -0.25) is 0 Å².